The number of fused-ring (bicyclic) bond motifs is 4. The van der Waals surface area contributed by atoms with Crippen molar-refractivity contribution >= 4 is 16.8 Å². The summed E-state index contributed by atoms with van der Waals surface area (Å²) in [5, 5.41) is 3.08. The molecule has 0 bridgehead atoms. The minimum atomic E-state index is -0.407. The van der Waals surface area contributed by atoms with Gasteiger partial charge >= 0.3 is 0 Å². The van der Waals surface area contributed by atoms with Crippen molar-refractivity contribution in [2.75, 3.05) is 13.2 Å². The van der Waals surface area contributed by atoms with E-state index >= 15 is 0 Å². The summed E-state index contributed by atoms with van der Waals surface area (Å²) >= 11 is 0. The summed E-state index contributed by atoms with van der Waals surface area (Å²) in [5.74, 6) is -0.234. The van der Waals surface area contributed by atoms with Crippen molar-refractivity contribution < 1.29 is 18.3 Å². The van der Waals surface area contributed by atoms with Crippen LogP contribution in [0.25, 0.3) is 10.9 Å². The van der Waals surface area contributed by atoms with Gasteiger partial charge in [-0.15, -0.1) is 0 Å². The van der Waals surface area contributed by atoms with Crippen molar-refractivity contribution in [3.05, 3.63) is 64.4 Å². The highest BCUT2D eigenvalue weighted by Gasteiger charge is 2.32. The molecule has 1 saturated carbocycles. The molecule has 2 N–H and O–H groups in total. The first-order valence-electron chi connectivity index (χ1n) is 12.4. The van der Waals surface area contributed by atoms with Crippen LogP contribution in [0.5, 0.6) is 5.75 Å². The van der Waals surface area contributed by atoms with Gasteiger partial charge in [0.15, 0.2) is 11.6 Å². The lowest BCUT2D eigenvalue weighted by Gasteiger charge is -2.40. The molecule has 178 valence electrons. The van der Waals surface area contributed by atoms with E-state index in [0.29, 0.717) is 36.1 Å². The molecule has 2 aromatic carbocycles. The van der Waals surface area contributed by atoms with Gasteiger partial charge in [0, 0.05) is 40.3 Å². The highest BCUT2D eigenvalue weighted by molar-refractivity contribution is 5.96. The fraction of sp³-hybridized carbons (Fsp3) is 0.444. The molecule has 7 heteroatoms. The van der Waals surface area contributed by atoms with E-state index in [0.717, 1.165) is 62.4 Å². The minimum Gasteiger partial charge on any atom is -0.490 e. The zero-order valence-corrected chi connectivity index (χ0v) is 19.1. The standard InChI is InChI=1S/C27H29F2N3O2/c28-17-7-11-25-22(14-17)21-13-16(6-10-24(21)30-25)15-32(18-3-1-4-18)31-27(33)20-8-9-23(29)26-19(20)5-2-12-34-26/h7-9,11,14,16,18,30H,1-6,10,12-13,15H2,(H,31,33). The monoisotopic (exact) mass is 465 g/mol. The highest BCUT2D eigenvalue weighted by Crippen LogP contribution is 2.35. The number of hydrogen-bond acceptors (Lipinski definition) is 3. The van der Waals surface area contributed by atoms with E-state index in [-0.39, 0.29) is 17.5 Å². The third kappa shape index (κ3) is 3.86. The topological polar surface area (TPSA) is 57.4 Å². The third-order valence-corrected chi connectivity index (χ3v) is 7.74. The summed E-state index contributed by atoms with van der Waals surface area (Å²) in [6, 6.07) is 8.15. The normalized spacial score (nSPS) is 19.9. The number of carbonyl (C=O) groups is 1. The number of aryl methyl sites for hydroxylation is 1. The largest absolute Gasteiger partial charge is 0.490 e. The van der Waals surface area contributed by atoms with Crippen LogP contribution >= 0.6 is 0 Å². The highest BCUT2D eigenvalue weighted by atomic mass is 19.1. The number of benzene rings is 2. The van der Waals surface area contributed by atoms with Crippen molar-refractivity contribution in [3.8, 4) is 5.75 Å². The third-order valence-electron chi connectivity index (χ3n) is 7.74. The molecule has 1 aliphatic heterocycles. The SMILES string of the molecule is O=C(NN(CC1CCc2[nH]c3ccc(F)cc3c2C1)C1CCC1)c1ccc(F)c2c1CCCO2. The van der Waals surface area contributed by atoms with Crippen LogP contribution in [0, 0.1) is 17.6 Å². The molecule has 1 amide bonds. The van der Waals surface area contributed by atoms with E-state index in [1.54, 1.807) is 12.1 Å². The average Bonchev–Trinajstić information content (AvgIpc) is 3.15. The van der Waals surface area contributed by atoms with E-state index in [2.05, 4.69) is 15.4 Å². The second kappa shape index (κ2) is 8.69. The maximum Gasteiger partial charge on any atom is 0.266 e. The first-order valence-corrected chi connectivity index (χ1v) is 12.4. The molecule has 0 saturated heterocycles. The van der Waals surface area contributed by atoms with Gasteiger partial charge in [0.2, 0.25) is 0 Å². The Morgan fingerprint density at radius 2 is 1.97 bits per heavy atom. The Hall–Kier alpha value is -2.93. The fourth-order valence-electron chi connectivity index (χ4n) is 5.71. The first kappa shape index (κ1) is 21.6. The zero-order chi connectivity index (χ0) is 23.2. The van der Waals surface area contributed by atoms with Crippen molar-refractivity contribution in [2.45, 2.75) is 57.4 Å². The number of amides is 1. The van der Waals surface area contributed by atoms with Gasteiger partial charge in [-0.2, -0.15) is 0 Å². The second-order valence-corrected chi connectivity index (χ2v) is 9.91. The van der Waals surface area contributed by atoms with E-state index < -0.39 is 5.82 Å². The van der Waals surface area contributed by atoms with Gasteiger partial charge in [0.25, 0.3) is 5.91 Å². The van der Waals surface area contributed by atoms with E-state index in [4.69, 9.17) is 4.74 Å². The summed E-state index contributed by atoms with van der Waals surface area (Å²) in [6.45, 7) is 1.22. The van der Waals surface area contributed by atoms with Gasteiger partial charge in [0.05, 0.1) is 6.61 Å². The molecule has 0 spiro atoms. The zero-order valence-electron chi connectivity index (χ0n) is 19.1. The molecule has 1 unspecified atom stereocenters. The molecule has 1 atom stereocenters. The maximum absolute atomic E-state index is 14.2. The Morgan fingerprint density at radius 1 is 1.09 bits per heavy atom. The first-order chi connectivity index (χ1) is 16.6. The van der Waals surface area contributed by atoms with Gasteiger partial charge in [-0.05, 0) is 86.8 Å². The molecule has 1 aromatic heterocycles. The second-order valence-electron chi connectivity index (χ2n) is 9.91. The molecule has 5 nitrogen and oxygen atoms in total. The lowest BCUT2D eigenvalue weighted by Crippen LogP contribution is -2.53. The molecular formula is C27H29F2N3O2. The number of nitrogens with one attached hydrogen (secondary N) is 2. The van der Waals surface area contributed by atoms with Crippen LogP contribution in [-0.2, 0) is 19.3 Å². The Bertz CT molecular complexity index is 1250. The van der Waals surface area contributed by atoms with Crippen LogP contribution in [0.4, 0.5) is 8.78 Å². The summed E-state index contributed by atoms with van der Waals surface area (Å²) < 4.78 is 33.6. The molecule has 2 heterocycles. The van der Waals surface area contributed by atoms with Crippen LogP contribution in [0.1, 0.15) is 59.3 Å². The van der Waals surface area contributed by atoms with Crippen LogP contribution < -0.4 is 10.2 Å². The number of carbonyl (C=O) groups excluding carboxylic acids is 1. The van der Waals surface area contributed by atoms with Gasteiger partial charge in [-0.1, -0.05) is 6.42 Å². The fourth-order valence-corrected chi connectivity index (χ4v) is 5.71. The van der Waals surface area contributed by atoms with Crippen LogP contribution in [0.15, 0.2) is 30.3 Å². The number of halogens is 2. The number of H-pyrrole nitrogens is 1. The predicted octanol–water partition coefficient (Wildman–Crippen LogP) is 5.08. The lowest BCUT2D eigenvalue weighted by atomic mass is 9.85. The molecule has 3 aliphatic rings. The number of nitrogens with zero attached hydrogens (tertiary/aromatic N) is 1. The Kier molecular flexibility index (Phi) is 5.52. The molecule has 2 aliphatic carbocycles. The van der Waals surface area contributed by atoms with Crippen molar-refractivity contribution in [3.63, 3.8) is 0 Å². The molecule has 1 fully saturated rings. The maximum atomic E-state index is 14.2. The molecule has 6 rings (SSSR count). The number of hydrogen-bond donors (Lipinski definition) is 2. The number of ether oxygens (including phenoxy) is 1. The van der Waals surface area contributed by atoms with Gasteiger partial charge in [-0.3, -0.25) is 10.2 Å². The summed E-state index contributed by atoms with van der Waals surface area (Å²) in [7, 11) is 0. The van der Waals surface area contributed by atoms with E-state index in [1.807, 2.05) is 6.07 Å². The van der Waals surface area contributed by atoms with Gasteiger partial charge in [0.1, 0.15) is 5.82 Å². The summed E-state index contributed by atoms with van der Waals surface area (Å²) in [5.41, 5.74) is 7.72. The number of rotatable bonds is 5. The molecular weight excluding hydrogens is 436 g/mol. The van der Waals surface area contributed by atoms with Gasteiger partial charge < -0.3 is 9.72 Å². The van der Waals surface area contributed by atoms with Crippen molar-refractivity contribution in [2.24, 2.45) is 5.92 Å². The average molecular weight is 466 g/mol. The van der Waals surface area contributed by atoms with Crippen molar-refractivity contribution in [1.82, 2.24) is 15.4 Å². The van der Waals surface area contributed by atoms with Crippen LogP contribution in [0.3, 0.4) is 0 Å². The van der Waals surface area contributed by atoms with Gasteiger partial charge in [-0.25, -0.2) is 13.8 Å². The Balaban J connectivity index is 1.21. The Morgan fingerprint density at radius 3 is 2.79 bits per heavy atom. The predicted molar refractivity (Wildman–Crippen MR) is 126 cm³/mol. The molecule has 0 radical (unpaired) electrons. The van der Waals surface area contributed by atoms with Crippen LogP contribution in [-0.4, -0.2) is 35.1 Å². The Labute approximate surface area is 197 Å². The lowest BCUT2D eigenvalue weighted by molar-refractivity contribution is 0.0405. The summed E-state index contributed by atoms with van der Waals surface area (Å²) in [6.07, 6.45) is 7.49. The van der Waals surface area contributed by atoms with Crippen molar-refractivity contribution in [1.29, 1.82) is 0 Å². The molecule has 3 aromatic rings. The summed E-state index contributed by atoms with van der Waals surface area (Å²) in [4.78, 5) is 16.8. The smallest absolute Gasteiger partial charge is 0.266 e. The minimum absolute atomic E-state index is 0.195. The molecule has 34 heavy (non-hydrogen) atoms. The van der Waals surface area contributed by atoms with E-state index in [9.17, 15) is 13.6 Å². The number of aromatic nitrogens is 1. The van der Waals surface area contributed by atoms with E-state index in [1.165, 1.54) is 23.4 Å². The quantitative estimate of drug-likeness (QED) is 0.517. The van der Waals surface area contributed by atoms with Crippen LogP contribution in [0.2, 0.25) is 0 Å². The number of aromatic amines is 1. The number of hydrazine groups is 1.